The average Bonchev–Trinajstić information content (AvgIpc) is 2.44. The van der Waals surface area contributed by atoms with E-state index in [2.05, 4.69) is 34.2 Å². The lowest BCUT2D eigenvalue weighted by Gasteiger charge is -2.33. The van der Waals surface area contributed by atoms with E-state index >= 15 is 0 Å². The van der Waals surface area contributed by atoms with Crippen LogP contribution in [0.15, 0.2) is 22.7 Å². The van der Waals surface area contributed by atoms with Crippen molar-refractivity contribution in [1.29, 1.82) is 0 Å². The van der Waals surface area contributed by atoms with Gasteiger partial charge >= 0.3 is 5.97 Å². The molecule has 5 heteroatoms. The molecule has 1 saturated heterocycles. The number of nitrogens with one attached hydrogen (secondary N) is 1. The lowest BCUT2D eigenvalue weighted by atomic mass is 9.80. The van der Waals surface area contributed by atoms with Gasteiger partial charge in [-0.2, -0.15) is 0 Å². The number of benzene rings is 1. The van der Waals surface area contributed by atoms with Crippen LogP contribution in [-0.4, -0.2) is 30.8 Å². The van der Waals surface area contributed by atoms with E-state index in [1.54, 1.807) is 0 Å². The fourth-order valence-electron chi connectivity index (χ4n) is 2.51. The second kappa shape index (κ2) is 6.70. The highest BCUT2D eigenvalue weighted by Gasteiger charge is 2.39. The SMILES string of the molecule is Cc1c(Br)cccc1CNCC1(C(=O)O)CCOCC1. The van der Waals surface area contributed by atoms with E-state index in [1.807, 2.05) is 12.1 Å². The summed E-state index contributed by atoms with van der Waals surface area (Å²) in [7, 11) is 0. The molecular weight excluding hydrogens is 322 g/mol. The van der Waals surface area contributed by atoms with Gasteiger partial charge in [-0.1, -0.05) is 28.1 Å². The molecule has 20 heavy (non-hydrogen) atoms. The summed E-state index contributed by atoms with van der Waals surface area (Å²) in [6.07, 6.45) is 1.15. The third-order valence-electron chi connectivity index (χ3n) is 4.06. The molecule has 0 spiro atoms. The molecule has 1 aliphatic heterocycles. The van der Waals surface area contributed by atoms with E-state index in [1.165, 1.54) is 11.1 Å². The standard InChI is InChI=1S/C15H20BrNO3/c1-11-12(3-2-4-13(11)16)9-17-10-15(14(18)19)5-7-20-8-6-15/h2-4,17H,5-10H2,1H3,(H,18,19). The number of carboxylic acids is 1. The van der Waals surface area contributed by atoms with E-state index in [9.17, 15) is 9.90 Å². The summed E-state index contributed by atoms with van der Waals surface area (Å²) in [5.41, 5.74) is 1.70. The van der Waals surface area contributed by atoms with E-state index in [0.717, 1.165) is 4.47 Å². The molecule has 4 nitrogen and oxygen atoms in total. The second-order valence-electron chi connectivity index (χ2n) is 5.33. The molecule has 1 aliphatic rings. The van der Waals surface area contributed by atoms with E-state index in [-0.39, 0.29) is 0 Å². The van der Waals surface area contributed by atoms with Crippen molar-refractivity contribution in [2.24, 2.45) is 5.41 Å². The van der Waals surface area contributed by atoms with E-state index in [0.29, 0.717) is 39.1 Å². The van der Waals surface area contributed by atoms with Gasteiger partial charge in [0.05, 0.1) is 5.41 Å². The minimum atomic E-state index is -0.723. The number of halogens is 1. The maximum atomic E-state index is 11.5. The molecule has 0 saturated carbocycles. The van der Waals surface area contributed by atoms with Crippen molar-refractivity contribution in [3.63, 3.8) is 0 Å². The Morgan fingerprint density at radius 3 is 2.80 bits per heavy atom. The van der Waals surface area contributed by atoms with Gasteiger partial charge < -0.3 is 15.2 Å². The Morgan fingerprint density at radius 1 is 1.45 bits per heavy atom. The number of rotatable bonds is 5. The molecule has 1 fully saturated rings. The highest BCUT2D eigenvalue weighted by molar-refractivity contribution is 9.10. The summed E-state index contributed by atoms with van der Waals surface area (Å²) in [5.74, 6) is -0.723. The van der Waals surface area contributed by atoms with Crippen LogP contribution in [0.2, 0.25) is 0 Å². The maximum Gasteiger partial charge on any atom is 0.311 e. The summed E-state index contributed by atoms with van der Waals surface area (Å²) >= 11 is 3.51. The largest absolute Gasteiger partial charge is 0.481 e. The van der Waals surface area contributed by atoms with Crippen LogP contribution < -0.4 is 5.32 Å². The van der Waals surface area contributed by atoms with Crippen LogP contribution in [0.25, 0.3) is 0 Å². The zero-order chi connectivity index (χ0) is 14.6. The quantitative estimate of drug-likeness (QED) is 0.864. The van der Waals surface area contributed by atoms with E-state index in [4.69, 9.17) is 4.74 Å². The van der Waals surface area contributed by atoms with Gasteiger partial charge in [0.15, 0.2) is 0 Å². The summed E-state index contributed by atoms with van der Waals surface area (Å²) in [6, 6.07) is 6.07. The van der Waals surface area contributed by atoms with E-state index < -0.39 is 11.4 Å². The number of carbonyl (C=O) groups is 1. The van der Waals surface area contributed by atoms with Crippen molar-refractivity contribution < 1.29 is 14.6 Å². The third kappa shape index (κ3) is 3.40. The Morgan fingerprint density at radius 2 is 2.15 bits per heavy atom. The zero-order valence-corrected chi connectivity index (χ0v) is 13.2. The molecule has 0 unspecified atom stereocenters. The van der Waals surface area contributed by atoms with Gasteiger partial charge in [0.2, 0.25) is 0 Å². The van der Waals surface area contributed by atoms with Gasteiger partial charge in [0, 0.05) is 30.8 Å². The molecule has 0 aliphatic carbocycles. The molecule has 0 atom stereocenters. The number of ether oxygens (including phenoxy) is 1. The Hall–Kier alpha value is -0.910. The van der Waals surface area contributed by atoms with Gasteiger partial charge in [-0.25, -0.2) is 0 Å². The smallest absolute Gasteiger partial charge is 0.311 e. The average molecular weight is 342 g/mol. The van der Waals surface area contributed by atoms with Crippen molar-refractivity contribution in [3.05, 3.63) is 33.8 Å². The van der Waals surface area contributed by atoms with Gasteiger partial charge in [-0.3, -0.25) is 4.79 Å². The number of carboxylic acid groups (broad SMARTS) is 1. The van der Waals surface area contributed by atoms with Gasteiger partial charge in [0.25, 0.3) is 0 Å². The highest BCUT2D eigenvalue weighted by atomic mass is 79.9. The summed E-state index contributed by atoms with van der Waals surface area (Å²) < 4.78 is 6.36. The first kappa shape index (κ1) is 15.5. The predicted molar refractivity (Wildman–Crippen MR) is 80.7 cm³/mol. The van der Waals surface area contributed by atoms with Crippen molar-refractivity contribution in [2.45, 2.75) is 26.3 Å². The van der Waals surface area contributed by atoms with Crippen LogP contribution >= 0.6 is 15.9 Å². The molecule has 2 rings (SSSR count). The fourth-order valence-corrected chi connectivity index (χ4v) is 2.92. The number of hydrogen-bond acceptors (Lipinski definition) is 3. The molecule has 1 aromatic carbocycles. The van der Waals surface area contributed by atoms with Crippen molar-refractivity contribution in [1.82, 2.24) is 5.32 Å². The normalized spacial score (nSPS) is 17.9. The first-order valence-electron chi connectivity index (χ1n) is 6.81. The van der Waals surface area contributed by atoms with Crippen molar-refractivity contribution >= 4 is 21.9 Å². The lowest BCUT2D eigenvalue weighted by molar-refractivity contribution is -0.154. The molecular formula is C15H20BrNO3. The van der Waals surface area contributed by atoms with Crippen LogP contribution in [-0.2, 0) is 16.1 Å². The molecule has 110 valence electrons. The molecule has 0 amide bonds. The maximum absolute atomic E-state index is 11.5. The molecule has 0 bridgehead atoms. The van der Waals surface area contributed by atoms with Gasteiger partial charge in [-0.15, -0.1) is 0 Å². The molecule has 0 radical (unpaired) electrons. The number of aliphatic carboxylic acids is 1. The van der Waals surface area contributed by atoms with Crippen LogP contribution in [0, 0.1) is 12.3 Å². The molecule has 0 aromatic heterocycles. The topological polar surface area (TPSA) is 58.6 Å². The van der Waals surface area contributed by atoms with Gasteiger partial charge in [-0.05, 0) is 37.0 Å². The van der Waals surface area contributed by atoms with Crippen LogP contribution in [0.4, 0.5) is 0 Å². The number of hydrogen-bond donors (Lipinski definition) is 2. The zero-order valence-electron chi connectivity index (χ0n) is 11.6. The van der Waals surface area contributed by atoms with Crippen LogP contribution in [0.1, 0.15) is 24.0 Å². The summed E-state index contributed by atoms with van der Waals surface area (Å²) in [5, 5.41) is 12.8. The molecule has 1 aromatic rings. The van der Waals surface area contributed by atoms with Crippen LogP contribution in [0.5, 0.6) is 0 Å². The first-order chi connectivity index (χ1) is 9.55. The fraction of sp³-hybridized carbons (Fsp3) is 0.533. The minimum absolute atomic E-state index is 0.484. The van der Waals surface area contributed by atoms with Gasteiger partial charge in [0.1, 0.15) is 0 Å². The highest BCUT2D eigenvalue weighted by Crippen LogP contribution is 2.30. The Balaban J connectivity index is 1.97. The second-order valence-corrected chi connectivity index (χ2v) is 6.18. The van der Waals surface area contributed by atoms with Crippen molar-refractivity contribution in [2.75, 3.05) is 19.8 Å². The lowest BCUT2D eigenvalue weighted by Crippen LogP contribution is -2.45. The van der Waals surface area contributed by atoms with Crippen molar-refractivity contribution in [3.8, 4) is 0 Å². The molecule has 2 N–H and O–H groups in total. The third-order valence-corrected chi connectivity index (χ3v) is 4.92. The summed E-state index contributed by atoms with van der Waals surface area (Å²) in [4.78, 5) is 11.5. The Bertz CT molecular complexity index is 484. The predicted octanol–water partition coefficient (Wildman–Crippen LogP) is 2.73. The minimum Gasteiger partial charge on any atom is -0.481 e. The monoisotopic (exact) mass is 341 g/mol. The summed E-state index contributed by atoms with van der Waals surface area (Å²) in [6.45, 7) is 4.29. The first-order valence-corrected chi connectivity index (χ1v) is 7.60. The Kier molecular flexibility index (Phi) is 5.18. The Labute approximate surface area is 127 Å². The molecule has 1 heterocycles. The van der Waals surface area contributed by atoms with Crippen LogP contribution in [0.3, 0.4) is 0 Å².